The van der Waals surface area contributed by atoms with Crippen molar-refractivity contribution in [2.45, 2.75) is 57.8 Å². The molecule has 1 aliphatic carbocycles. The van der Waals surface area contributed by atoms with E-state index in [1.807, 2.05) is 0 Å². The molecule has 2 fully saturated rings. The molecule has 3 nitrogen and oxygen atoms in total. The van der Waals surface area contributed by atoms with Crippen molar-refractivity contribution in [3.05, 3.63) is 0 Å². The zero-order chi connectivity index (χ0) is 13.0. The van der Waals surface area contributed by atoms with E-state index < -0.39 is 0 Å². The molecule has 0 atom stereocenters. The summed E-state index contributed by atoms with van der Waals surface area (Å²) in [5.74, 6) is 0.686. The minimum absolute atomic E-state index is 0.00933. The summed E-state index contributed by atoms with van der Waals surface area (Å²) in [6.07, 6.45) is 8.57. The second-order valence-electron chi connectivity index (χ2n) is 5.75. The van der Waals surface area contributed by atoms with Crippen molar-refractivity contribution in [1.82, 2.24) is 4.90 Å². The lowest BCUT2D eigenvalue weighted by Crippen LogP contribution is -2.48. The van der Waals surface area contributed by atoms with Crippen molar-refractivity contribution in [3.63, 3.8) is 0 Å². The van der Waals surface area contributed by atoms with Crippen molar-refractivity contribution in [3.8, 4) is 0 Å². The molecule has 1 aliphatic heterocycles. The molecule has 1 spiro atoms. The van der Waals surface area contributed by atoms with Crippen LogP contribution in [0.5, 0.6) is 0 Å². The van der Waals surface area contributed by atoms with Gasteiger partial charge >= 0.3 is 0 Å². The fourth-order valence-electron chi connectivity index (χ4n) is 3.30. The first-order chi connectivity index (χ1) is 8.67. The van der Waals surface area contributed by atoms with E-state index in [1.54, 1.807) is 0 Å². The second kappa shape index (κ2) is 6.05. The number of likely N-dealkylation sites (tertiary alicyclic amines) is 1. The normalized spacial score (nSPS) is 23.7. The quantitative estimate of drug-likeness (QED) is 0.448. The molecule has 1 heterocycles. The Balaban J connectivity index is 1.94. The molecule has 2 aliphatic rings. The fraction of sp³-hybridized carbons (Fsp3) is 0.857. The number of amides is 2. The van der Waals surface area contributed by atoms with Crippen molar-refractivity contribution in [1.29, 1.82) is 0 Å². The number of rotatable bonds is 4. The predicted molar refractivity (Wildman–Crippen MR) is 71.4 cm³/mol. The SMILES string of the molecule is O=C1CC2(CCCCC2)CC(=O)N1CCCCCl. The number of carbonyl (C=O) groups is 2. The van der Waals surface area contributed by atoms with Gasteiger partial charge in [0.25, 0.3) is 0 Å². The van der Waals surface area contributed by atoms with Crippen LogP contribution < -0.4 is 0 Å². The summed E-state index contributed by atoms with van der Waals surface area (Å²) < 4.78 is 0. The summed E-state index contributed by atoms with van der Waals surface area (Å²) in [6, 6.07) is 0. The lowest BCUT2D eigenvalue weighted by atomic mass is 9.67. The van der Waals surface area contributed by atoms with Gasteiger partial charge in [0.05, 0.1) is 0 Å². The van der Waals surface area contributed by atoms with Crippen LogP contribution in [0.2, 0.25) is 0 Å². The summed E-state index contributed by atoms with van der Waals surface area (Å²) >= 11 is 5.62. The van der Waals surface area contributed by atoms with Crippen LogP contribution in [0, 0.1) is 5.41 Å². The molecule has 0 bridgehead atoms. The van der Waals surface area contributed by atoms with Crippen LogP contribution in [0.4, 0.5) is 0 Å². The van der Waals surface area contributed by atoms with Crippen LogP contribution in [-0.4, -0.2) is 29.1 Å². The van der Waals surface area contributed by atoms with Crippen LogP contribution in [-0.2, 0) is 9.59 Å². The highest BCUT2D eigenvalue weighted by Crippen LogP contribution is 2.45. The standard InChI is InChI=1S/C14H22ClNO2/c15-8-4-5-9-16-12(17)10-14(11-13(16)18)6-2-1-3-7-14/h1-11H2. The van der Waals surface area contributed by atoms with E-state index in [0.29, 0.717) is 25.3 Å². The third-order valence-corrected chi connectivity index (χ3v) is 4.60. The number of unbranched alkanes of at least 4 members (excludes halogenated alkanes) is 1. The first-order valence-corrected chi connectivity index (χ1v) is 7.59. The molecule has 0 N–H and O–H groups in total. The maximum absolute atomic E-state index is 12.1. The Morgan fingerprint density at radius 1 is 1.00 bits per heavy atom. The third kappa shape index (κ3) is 3.05. The number of imide groups is 1. The van der Waals surface area contributed by atoms with Gasteiger partial charge in [-0.2, -0.15) is 0 Å². The van der Waals surface area contributed by atoms with Crippen molar-refractivity contribution >= 4 is 23.4 Å². The molecule has 0 aromatic heterocycles. The summed E-state index contributed by atoms with van der Waals surface area (Å²) in [5.41, 5.74) is 0.00933. The van der Waals surface area contributed by atoms with Gasteiger partial charge in [-0.3, -0.25) is 14.5 Å². The largest absolute Gasteiger partial charge is 0.283 e. The van der Waals surface area contributed by atoms with Gasteiger partial charge in [0, 0.05) is 25.3 Å². The van der Waals surface area contributed by atoms with E-state index in [4.69, 9.17) is 11.6 Å². The molecule has 0 aromatic rings. The molecule has 4 heteroatoms. The minimum atomic E-state index is 0.00933. The van der Waals surface area contributed by atoms with Crippen LogP contribution in [0.1, 0.15) is 57.8 Å². The number of hydrogen-bond donors (Lipinski definition) is 0. The van der Waals surface area contributed by atoms with E-state index in [1.165, 1.54) is 24.2 Å². The molecule has 1 saturated carbocycles. The maximum Gasteiger partial charge on any atom is 0.229 e. The average Bonchev–Trinajstić information content (AvgIpc) is 2.34. The van der Waals surface area contributed by atoms with Crippen molar-refractivity contribution < 1.29 is 9.59 Å². The van der Waals surface area contributed by atoms with Gasteiger partial charge < -0.3 is 0 Å². The van der Waals surface area contributed by atoms with Gasteiger partial charge in [0.15, 0.2) is 0 Å². The van der Waals surface area contributed by atoms with Crippen LogP contribution in [0.3, 0.4) is 0 Å². The summed E-state index contributed by atoms with van der Waals surface area (Å²) in [4.78, 5) is 25.8. The van der Waals surface area contributed by atoms with Gasteiger partial charge in [0.2, 0.25) is 11.8 Å². The average molecular weight is 272 g/mol. The minimum Gasteiger partial charge on any atom is -0.283 e. The van der Waals surface area contributed by atoms with Gasteiger partial charge in [-0.25, -0.2) is 0 Å². The Hall–Kier alpha value is -0.570. The van der Waals surface area contributed by atoms with E-state index in [-0.39, 0.29) is 17.2 Å². The Labute approximate surface area is 114 Å². The molecular formula is C14H22ClNO2. The Kier molecular flexibility index (Phi) is 4.66. The number of nitrogens with zero attached hydrogens (tertiary/aromatic N) is 1. The number of halogens is 1. The molecule has 0 unspecified atom stereocenters. The first kappa shape index (κ1) is 13.9. The third-order valence-electron chi connectivity index (χ3n) is 4.33. The topological polar surface area (TPSA) is 37.4 Å². The summed E-state index contributed by atoms with van der Waals surface area (Å²) in [6.45, 7) is 0.556. The van der Waals surface area contributed by atoms with E-state index in [0.717, 1.165) is 25.7 Å². The van der Waals surface area contributed by atoms with Crippen molar-refractivity contribution in [2.75, 3.05) is 12.4 Å². The Bertz CT molecular complexity index is 304. The smallest absolute Gasteiger partial charge is 0.229 e. The van der Waals surface area contributed by atoms with Gasteiger partial charge in [-0.05, 0) is 31.1 Å². The number of carbonyl (C=O) groups excluding carboxylic acids is 2. The van der Waals surface area contributed by atoms with Crippen LogP contribution >= 0.6 is 11.6 Å². The molecule has 1 saturated heterocycles. The highest BCUT2D eigenvalue weighted by atomic mass is 35.5. The molecule has 2 amide bonds. The Morgan fingerprint density at radius 3 is 2.17 bits per heavy atom. The van der Waals surface area contributed by atoms with E-state index in [2.05, 4.69) is 0 Å². The lowest BCUT2D eigenvalue weighted by Gasteiger charge is -2.42. The molecule has 0 radical (unpaired) electrons. The Morgan fingerprint density at radius 2 is 1.61 bits per heavy atom. The predicted octanol–water partition coefficient (Wildman–Crippen LogP) is 3.10. The van der Waals surface area contributed by atoms with Crippen LogP contribution in [0.25, 0.3) is 0 Å². The van der Waals surface area contributed by atoms with Crippen molar-refractivity contribution in [2.24, 2.45) is 5.41 Å². The van der Waals surface area contributed by atoms with Gasteiger partial charge in [-0.15, -0.1) is 11.6 Å². The van der Waals surface area contributed by atoms with Crippen LogP contribution in [0.15, 0.2) is 0 Å². The van der Waals surface area contributed by atoms with Gasteiger partial charge in [-0.1, -0.05) is 19.3 Å². The second-order valence-corrected chi connectivity index (χ2v) is 6.13. The maximum atomic E-state index is 12.1. The number of alkyl halides is 1. The molecule has 2 rings (SSSR count). The first-order valence-electron chi connectivity index (χ1n) is 7.06. The lowest BCUT2D eigenvalue weighted by molar-refractivity contribution is -0.154. The summed E-state index contributed by atoms with van der Waals surface area (Å²) in [5, 5.41) is 0. The fourth-order valence-corrected chi connectivity index (χ4v) is 3.49. The molecular weight excluding hydrogens is 250 g/mol. The zero-order valence-corrected chi connectivity index (χ0v) is 11.7. The van der Waals surface area contributed by atoms with E-state index >= 15 is 0 Å². The van der Waals surface area contributed by atoms with E-state index in [9.17, 15) is 9.59 Å². The van der Waals surface area contributed by atoms with Gasteiger partial charge in [0.1, 0.15) is 0 Å². The highest BCUT2D eigenvalue weighted by Gasteiger charge is 2.43. The summed E-state index contributed by atoms with van der Waals surface area (Å²) in [7, 11) is 0. The molecule has 102 valence electrons. The molecule has 18 heavy (non-hydrogen) atoms. The highest BCUT2D eigenvalue weighted by molar-refractivity contribution is 6.17. The molecule has 0 aromatic carbocycles. The zero-order valence-electron chi connectivity index (χ0n) is 10.9. The number of hydrogen-bond acceptors (Lipinski definition) is 2. The monoisotopic (exact) mass is 271 g/mol. The number of piperidine rings is 1.